The average molecular weight is 282 g/mol. The Morgan fingerprint density at radius 1 is 1.45 bits per heavy atom. The molecule has 0 saturated heterocycles. The molecule has 7 heteroatoms. The van der Waals surface area contributed by atoms with Crippen molar-refractivity contribution >= 4 is 17.3 Å². The lowest BCUT2D eigenvalue weighted by atomic mass is 10.2. The Bertz CT molecular complexity index is 440. The monoisotopic (exact) mass is 282 g/mol. The molecular weight excluding hydrogens is 260 g/mol. The molecule has 20 heavy (non-hydrogen) atoms. The standard InChI is InChI=1S/C13H22N4O3/c1-4-6-14-12-8-11(17(18)19)9-13(16-12)15-10(2)5-7-20-3/h8-10H,4-7H2,1-3H3,(H2,14,15,16). The first-order chi connectivity index (χ1) is 9.56. The van der Waals surface area contributed by atoms with E-state index in [1.807, 2.05) is 13.8 Å². The second kappa shape index (κ2) is 8.31. The molecule has 1 heterocycles. The maximum absolute atomic E-state index is 10.9. The normalized spacial score (nSPS) is 11.9. The maximum atomic E-state index is 10.9. The summed E-state index contributed by atoms with van der Waals surface area (Å²) in [5, 5.41) is 17.2. The molecule has 2 N–H and O–H groups in total. The minimum absolute atomic E-state index is 0.0278. The molecule has 0 radical (unpaired) electrons. The van der Waals surface area contributed by atoms with Gasteiger partial charge in [0.25, 0.3) is 5.69 Å². The fourth-order valence-electron chi connectivity index (χ4n) is 1.66. The molecule has 0 aromatic carbocycles. The second-order valence-electron chi connectivity index (χ2n) is 4.61. The Balaban J connectivity index is 2.82. The predicted molar refractivity (Wildman–Crippen MR) is 79.2 cm³/mol. The lowest BCUT2D eigenvalue weighted by Crippen LogP contribution is -2.18. The molecular formula is C13H22N4O3. The number of methoxy groups -OCH3 is 1. The number of hydrogen-bond donors (Lipinski definition) is 2. The second-order valence-corrected chi connectivity index (χ2v) is 4.61. The van der Waals surface area contributed by atoms with Crippen LogP contribution >= 0.6 is 0 Å². The van der Waals surface area contributed by atoms with Crippen molar-refractivity contribution in [2.45, 2.75) is 32.7 Å². The summed E-state index contributed by atoms with van der Waals surface area (Å²) in [6, 6.07) is 3.02. The molecule has 0 aliphatic carbocycles. The zero-order valence-electron chi connectivity index (χ0n) is 12.2. The van der Waals surface area contributed by atoms with Crippen molar-refractivity contribution in [3.63, 3.8) is 0 Å². The molecule has 0 aliphatic rings. The van der Waals surface area contributed by atoms with Crippen molar-refractivity contribution in [1.29, 1.82) is 0 Å². The number of pyridine rings is 1. The van der Waals surface area contributed by atoms with E-state index in [1.165, 1.54) is 12.1 Å². The smallest absolute Gasteiger partial charge is 0.276 e. The first-order valence-corrected chi connectivity index (χ1v) is 6.72. The highest BCUT2D eigenvalue weighted by atomic mass is 16.6. The fourth-order valence-corrected chi connectivity index (χ4v) is 1.66. The third-order valence-corrected chi connectivity index (χ3v) is 2.73. The number of nitrogens with zero attached hydrogens (tertiary/aromatic N) is 2. The van der Waals surface area contributed by atoms with E-state index in [0.717, 1.165) is 19.4 Å². The van der Waals surface area contributed by atoms with Crippen molar-refractivity contribution in [3.05, 3.63) is 22.2 Å². The highest BCUT2D eigenvalue weighted by molar-refractivity contribution is 5.54. The molecule has 0 fully saturated rings. The van der Waals surface area contributed by atoms with Gasteiger partial charge in [0.1, 0.15) is 11.6 Å². The van der Waals surface area contributed by atoms with Crippen LogP contribution in [0.2, 0.25) is 0 Å². The van der Waals surface area contributed by atoms with Gasteiger partial charge in [-0.15, -0.1) is 0 Å². The summed E-state index contributed by atoms with van der Waals surface area (Å²) in [6.45, 7) is 5.37. The van der Waals surface area contributed by atoms with Gasteiger partial charge < -0.3 is 15.4 Å². The van der Waals surface area contributed by atoms with E-state index in [-0.39, 0.29) is 11.7 Å². The van der Waals surface area contributed by atoms with Crippen molar-refractivity contribution in [1.82, 2.24) is 4.98 Å². The summed E-state index contributed by atoms with van der Waals surface area (Å²) in [4.78, 5) is 14.9. The lowest BCUT2D eigenvalue weighted by molar-refractivity contribution is -0.384. The number of hydrogen-bond acceptors (Lipinski definition) is 6. The molecule has 0 bridgehead atoms. The molecule has 0 amide bonds. The van der Waals surface area contributed by atoms with Crippen LogP contribution in [0, 0.1) is 10.1 Å². The van der Waals surface area contributed by atoms with E-state index in [9.17, 15) is 10.1 Å². The number of ether oxygens (including phenoxy) is 1. The number of anilines is 2. The van der Waals surface area contributed by atoms with E-state index in [2.05, 4.69) is 15.6 Å². The molecule has 1 rings (SSSR count). The van der Waals surface area contributed by atoms with Crippen molar-refractivity contribution in [2.75, 3.05) is 30.9 Å². The fraction of sp³-hybridized carbons (Fsp3) is 0.615. The van der Waals surface area contributed by atoms with Gasteiger partial charge in [-0.1, -0.05) is 6.92 Å². The topological polar surface area (TPSA) is 89.3 Å². The van der Waals surface area contributed by atoms with Crippen LogP contribution in [0.5, 0.6) is 0 Å². The number of nitro groups is 1. The van der Waals surface area contributed by atoms with Crippen LogP contribution in [0.1, 0.15) is 26.7 Å². The van der Waals surface area contributed by atoms with E-state index in [4.69, 9.17) is 4.74 Å². The van der Waals surface area contributed by atoms with Crippen molar-refractivity contribution < 1.29 is 9.66 Å². The van der Waals surface area contributed by atoms with Crippen LogP contribution < -0.4 is 10.6 Å². The lowest BCUT2D eigenvalue weighted by Gasteiger charge is -2.15. The van der Waals surface area contributed by atoms with Crippen LogP contribution in [-0.4, -0.2) is 36.2 Å². The minimum Gasteiger partial charge on any atom is -0.385 e. The maximum Gasteiger partial charge on any atom is 0.276 e. The quantitative estimate of drug-likeness (QED) is 0.534. The average Bonchev–Trinajstić information content (AvgIpc) is 2.42. The molecule has 1 aromatic rings. The van der Waals surface area contributed by atoms with Crippen LogP contribution in [0.3, 0.4) is 0 Å². The third kappa shape index (κ3) is 5.40. The predicted octanol–water partition coefficient (Wildman–Crippen LogP) is 2.65. The van der Waals surface area contributed by atoms with Gasteiger partial charge in [0.15, 0.2) is 0 Å². The Morgan fingerprint density at radius 3 is 2.75 bits per heavy atom. The van der Waals surface area contributed by atoms with Crippen LogP contribution in [0.25, 0.3) is 0 Å². The van der Waals surface area contributed by atoms with Crippen LogP contribution in [0.4, 0.5) is 17.3 Å². The van der Waals surface area contributed by atoms with Gasteiger partial charge in [-0.3, -0.25) is 10.1 Å². The van der Waals surface area contributed by atoms with E-state index in [1.54, 1.807) is 7.11 Å². The first kappa shape index (κ1) is 16.2. The molecule has 0 aliphatic heterocycles. The Hall–Kier alpha value is -1.89. The summed E-state index contributed by atoms with van der Waals surface area (Å²) in [7, 11) is 1.64. The third-order valence-electron chi connectivity index (χ3n) is 2.73. The van der Waals surface area contributed by atoms with Crippen LogP contribution in [-0.2, 0) is 4.74 Å². The molecule has 7 nitrogen and oxygen atoms in total. The van der Waals surface area contributed by atoms with Gasteiger partial charge in [-0.05, 0) is 19.8 Å². The largest absolute Gasteiger partial charge is 0.385 e. The van der Waals surface area contributed by atoms with E-state index >= 15 is 0 Å². The van der Waals surface area contributed by atoms with Gasteiger partial charge >= 0.3 is 0 Å². The number of rotatable bonds is 9. The molecule has 112 valence electrons. The van der Waals surface area contributed by atoms with Gasteiger partial charge in [0.05, 0.1) is 17.1 Å². The minimum atomic E-state index is -0.413. The first-order valence-electron chi connectivity index (χ1n) is 6.72. The molecule has 1 atom stereocenters. The van der Waals surface area contributed by atoms with Crippen molar-refractivity contribution in [3.8, 4) is 0 Å². The van der Waals surface area contributed by atoms with Gasteiger partial charge in [0.2, 0.25) is 0 Å². The van der Waals surface area contributed by atoms with E-state index < -0.39 is 4.92 Å². The van der Waals surface area contributed by atoms with Gasteiger partial charge in [-0.25, -0.2) is 4.98 Å². The summed E-state index contributed by atoms with van der Waals surface area (Å²) >= 11 is 0. The molecule has 0 saturated carbocycles. The highest BCUT2D eigenvalue weighted by Crippen LogP contribution is 2.21. The highest BCUT2D eigenvalue weighted by Gasteiger charge is 2.12. The van der Waals surface area contributed by atoms with Gasteiger partial charge in [0, 0.05) is 26.3 Å². The SMILES string of the molecule is CCCNc1cc([N+](=O)[O-])cc(NC(C)CCOC)n1. The summed E-state index contributed by atoms with van der Waals surface area (Å²) < 4.78 is 5.01. The molecule has 0 spiro atoms. The summed E-state index contributed by atoms with van der Waals surface area (Å²) in [5.41, 5.74) is 0.0278. The summed E-state index contributed by atoms with van der Waals surface area (Å²) in [6.07, 6.45) is 1.73. The molecule has 1 unspecified atom stereocenters. The van der Waals surface area contributed by atoms with E-state index in [0.29, 0.717) is 18.2 Å². The Labute approximate surface area is 118 Å². The van der Waals surface area contributed by atoms with Gasteiger partial charge in [-0.2, -0.15) is 0 Å². The Kier molecular flexibility index (Phi) is 6.72. The zero-order valence-corrected chi connectivity index (χ0v) is 12.2. The van der Waals surface area contributed by atoms with Crippen molar-refractivity contribution in [2.24, 2.45) is 0 Å². The zero-order chi connectivity index (χ0) is 15.0. The Morgan fingerprint density at radius 2 is 2.15 bits per heavy atom. The number of aromatic nitrogens is 1. The molecule has 1 aromatic heterocycles. The number of nitrogens with one attached hydrogen (secondary N) is 2. The summed E-state index contributed by atoms with van der Waals surface area (Å²) in [5.74, 6) is 1.02. The van der Waals surface area contributed by atoms with Crippen LogP contribution in [0.15, 0.2) is 12.1 Å².